The molecule has 0 fully saturated rings. The van der Waals surface area contributed by atoms with Crippen LogP contribution in [0.2, 0.25) is 0 Å². The lowest BCUT2D eigenvalue weighted by Gasteiger charge is -2.22. The van der Waals surface area contributed by atoms with E-state index in [4.69, 9.17) is 14.5 Å². The molecule has 0 N–H and O–H groups in total. The number of nitrogens with zero attached hydrogens (tertiary/aromatic N) is 1. The second kappa shape index (κ2) is 12.4. The van der Waals surface area contributed by atoms with E-state index >= 15 is 0 Å². The quantitative estimate of drug-likeness (QED) is 0.330. The number of hydrogen-bond acceptors (Lipinski definition) is 3. The van der Waals surface area contributed by atoms with Crippen molar-refractivity contribution in [2.24, 2.45) is 4.99 Å². The zero-order valence-corrected chi connectivity index (χ0v) is 18.8. The van der Waals surface area contributed by atoms with Crippen molar-refractivity contribution in [3.63, 3.8) is 0 Å². The summed E-state index contributed by atoms with van der Waals surface area (Å²) >= 11 is 0. The maximum atomic E-state index is 6.27. The molecule has 0 atom stereocenters. The number of methoxy groups -OCH3 is 1. The third kappa shape index (κ3) is 6.35. The first-order valence-electron chi connectivity index (χ1n) is 11.7. The maximum absolute atomic E-state index is 6.27. The summed E-state index contributed by atoms with van der Waals surface area (Å²) < 4.78 is 11.9. The van der Waals surface area contributed by atoms with Crippen LogP contribution in [0.1, 0.15) is 81.4 Å². The van der Waals surface area contributed by atoms with E-state index in [-0.39, 0.29) is 0 Å². The largest absolute Gasteiger partial charge is 0.493 e. The van der Waals surface area contributed by atoms with E-state index in [1.165, 1.54) is 73.8 Å². The molecule has 3 heteroatoms. The molecule has 0 saturated carbocycles. The van der Waals surface area contributed by atoms with Crippen LogP contribution in [-0.2, 0) is 13.0 Å². The van der Waals surface area contributed by atoms with Crippen molar-refractivity contribution in [2.45, 2.75) is 77.7 Å². The number of rotatable bonds is 13. The number of aliphatic imine (C=N–C) groups is 1. The van der Waals surface area contributed by atoms with Crippen LogP contribution >= 0.6 is 0 Å². The number of benzene rings is 2. The molecule has 0 aromatic heterocycles. The monoisotopic (exact) mass is 407 g/mol. The highest BCUT2D eigenvalue weighted by Gasteiger charge is 2.21. The summed E-state index contributed by atoms with van der Waals surface area (Å²) in [6.07, 6.45) is 12.7. The Morgan fingerprint density at radius 1 is 0.867 bits per heavy atom. The highest BCUT2D eigenvalue weighted by Crippen LogP contribution is 2.37. The van der Waals surface area contributed by atoms with Gasteiger partial charge in [-0.15, -0.1) is 0 Å². The third-order valence-corrected chi connectivity index (χ3v) is 5.91. The van der Waals surface area contributed by atoms with Crippen LogP contribution in [0.5, 0.6) is 11.5 Å². The molecule has 0 bridgehead atoms. The molecular formula is C27H37NO2. The van der Waals surface area contributed by atoms with Crippen LogP contribution in [0.25, 0.3) is 0 Å². The molecule has 1 aliphatic rings. The predicted octanol–water partition coefficient (Wildman–Crippen LogP) is 7.15. The number of hydrogen-bond donors (Lipinski definition) is 0. The van der Waals surface area contributed by atoms with Gasteiger partial charge >= 0.3 is 0 Å². The molecule has 0 spiro atoms. The number of fused-ring (bicyclic) bond motifs is 1. The fourth-order valence-electron chi connectivity index (χ4n) is 4.20. The Bertz CT molecular complexity index is 798. The molecule has 3 nitrogen and oxygen atoms in total. The maximum Gasteiger partial charge on any atom is 0.165 e. The molecule has 0 saturated heterocycles. The van der Waals surface area contributed by atoms with Gasteiger partial charge in [-0.3, -0.25) is 4.99 Å². The fraction of sp³-hybridized carbons (Fsp3) is 0.519. The smallest absolute Gasteiger partial charge is 0.165 e. The fourth-order valence-corrected chi connectivity index (χ4v) is 4.20. The van der Waals surface area contributed by atoms with Crippen LogP contribution in [0.15, 0.2) is 47.5 Å². The van der Waals surface area contributed by atoms with Crippen LogP contribution in [-0.4, -0.2) is 19.4 Å². The normalized spacial score (nSPS) is 12.9. The van der Waals surface area contributed by atoms with Crippen LogP contribution in [0.4, 0.5) is 0 Å². The summed E-state index contributed by atoms with van der Waals surface area (Å²) in [7, 11) is 1.72. The average Bonchev–Trinajstić information content (AvgIpc) is 2.79. The molecular weight excluding hydrogens is 370 g/mol. The minimum absolute atomic E-state index is 0.554. The van der Waals surface area contributed by atoms with E-state index in [2.05, 4.69) is 25.1 Å². The summed E-state index contributed by atoms with van der Waals surface area (Å²) in [5.74, 6) is 1.71. The second-order valence-electron chi connectivity index (χ2n) is 8.20. The Morgan fingerprint density at radius 3 is 2.33 bits per heavy atom. The first-order chi connectivity index (χ1) is 14.8. The topological polar surface area (TPSA) is 30.8 Å². The average molecular weight is 408 g/mol. The van der Waals surface area contributed by atoms with Gasteiger partial charge in [-0.1, -0.05) is 82.2 Å². The Morgan fingerprint density at radius 2 is 1.60 bits per heavy atom. The van der Waals surface area contributed by atoms with Crippen molar-refractivity contribution < 1.29 is 9.47 Å². The third-order valence-electron chi connectivity index (χ3n) is 5.91. The molecule has 2 aromatic rings. The van der Waals surface area contributed by atoms with E-state index in [1.54, 1.807) is 7.11 Å². The Balaban J connectivity index is 1.59. The van der Waals surface area contributed by atoms with Crippen molar-refractivity contribution in [3.8, 4) is 11.5 Å². The van der Waals surface area contributed by atoms with E-state index in [0.29, 0.717) is 6.61 Å². The van der Waals surface area contributed by atoms with Crippen LogP contribution in [0.3, 0.4) is 0 Å². The summed E-state index contributed by atoms with van der Waals surface area (Å²) in [6.45, 7) is 3.67. The lowest BCUT2D eigenvalue weighted by atomic mass is 9.93. The summed E-state index contributed by atoms with van der Waals surface area (Å²) in [4.78, 5) is 4.86. The van der Waals surface area contributed by atoms with Crippen LogP contribution < -0.4 is 9.47 Å². The summed E-state index contributed by atoms with van der Waals surface area (Å²) in [5, 5.41) is 0. The molecule has 1 aliphatic heterocycles. The van der Waals surface area contributed by atoms with Gasteiger partial charge in [-0.2, -0.15) is 0 Å². The van der Waals surface area contributed by atoms with Gasteiger partial charge in [0.15, 0.2) is 11.5 Å². The second-order valence-corrected chi connectivity index (χ2v) is 8.20. The number of unbranched alkanes of at least 4 members (excludes halogenated alkanes) is 7. The Kier molecular flexibility index (Phi) is 9.27. The minimum Gasteiger partial charge on any atom is -0.493 e. The van der Waals surface area contributed by atoms with Gasteiger partial charge in [0.1, 0.15) is 6.61 Å². The highest BCUT2D eigenvalue weighted by atomic mass is 16.5. The molecule has 0 unspecified atom stereocenters. The highest BCUT2D eigenvalue weighted by molar-refractivity contribution is 6.03. The van der Waals surface area contributed by atoms with Gasteiger partial charge in [0.25, 0.3) is 0 Å². The summed E-state index contributed by atoms with van der Waals surface area (Å²) in [6, 6.07) is 14.5. The van der Waals surface area contributed by atoms with E-state index in [9.17, 15) is 0 Å². The van der Waals surface area contributed by atoms with Gasteiger partial charge in [-0.25, -0.2) is 0 Å². The van der Waals surface area contributed by atoms with E-state index in [0.717, 1.165) is 30.9 Å². The van der Waals surface area contributed by atoms with Gasteiger partial charge in [0, 0.05) is 23.4 Å². The Labute approximate surface area is 182 Å². The van der Waals surface area contributed by atoms with Gasteiger partial charge < -0.3 is 9.47 Å². The van der Waals surface area contributed by atoms with Crippen molar-refractivity contribution >= 4 is 5.71 Å². The van der Waals surface area contributed by atoms with Crippen molar-refractivity contribution in [2.75, 3.05) is 13.7 Å². The molecule has 30 heavy (non-hydrogen) atoms. The zero-order valence-electron chi connectivity index (χ0n) is 18.8. The van der Waals surface area contributed by atoms with Crippen molar-refractivity contribution in [3.05, 3.63) is 59.2 Å². The van der Waals surface area contributed by atoms with Gasteiger partial charge in [-0.05, 0) is 37.0 Å². The SMILES string of the molecule is CCCCCCCCCCC1=NCCc2c1ccc(OC)c2OCc1ccccc1. The standard InChI is InChI=1S/C27H37NO2/c1-3-4-5-6-7-8-9-13-16-25-23-17-18-26(29-2)27(24(23)19-20-28-25)30-21-22-14-11-10-12-15-22/h10-12,14-15,17-18H,3-9,13,16,19-21H2,1-2H3. The van der Waals surface area contributed by atoms with Crippen molar-refractivity contribution in [1.29, 1.82) is 0 Å². The van der Waals surface area contributed by atoms with Gasteiger partial charge in [0.2, 0.25) is 0 Å². The molecule has 0 amide bonds. The Hall–Kier alpha value is -2.29. The number of ether oxygens (including phenoxy) is 2. The molecule has 0 aliphatic carbocycles. The summed E-state index contributed by atoms with van der Waals surface area (Å²) in [5.41, 5.74) is 4.93. The lowest BCUT2D eigenvalue weighted by molar-refractivity contribution is 0.281. The minimum atomic E-state index is 0.554. The van der Waals surface area contributed by atoms with Gasteiger partial charge in [0.05, 0.1) is 7.11 Å². The molecule has 0 radical (unpaired) electrons. The molecule has 162 valence electrons. The lowest BCUT2D eigenvalue weighted by Crippen LogP contribution is -2.15. The molecule has 1 heterocycles. The van der Waals surface area contributed by atoms with E-state index in [1.807, 2.05) is 24.3 Å². The first kappa shape index (κ1) is 22.4. The van der Waals surface area contributed by atoms with E-state index < -0.39 is 0 Å². The molecule has 2 aromatic carbocycles. The zero-order chi connectivity index (χ0) is 21.0. The molecule has 3 rings (SSSR count). The van der Waals surface area contributed by atoms with Crippen molar-refractivity contribution in [1.82, 2.24) is 0 Å². The first-order valence-corrected chi connectivity index (χ1v) is 11.7. The predicted molar refractivity (Wildman–Crippen MR) is 126 cm³/mol. The van der Waals surface area contributed by atoms with Crippen LogP contribution in [0, 0.1) is 0 Å².